The van der Waals surface area contributed by atoms with E-state index in [4.69, 9.17) is 18.0 Å². The van der Waals surface area contributed by atoms with Crippen LogP contribution in [0.2, 0.25) is 0 Å². The molecule has 1 aromatic carbocycles. The summed E-state index contributed by atoms with van der Waals surface area (Å²) in [5, 5.41) is 3.04. The van der Waals surface area contributed by atoms with Crippen LogP contribution in [0.4, 0.5) is 0 Å². The minimum atomic E-state index is 0.0291. The molecule has 1 aromatic rings. The molecule has 1 unspecified atom stereocenters. The molecular weight excluding hydrogens is 324 g/mol. The zero-order chi connectivity index (χ0) is 17.0. The van der Waals surface area contributed by atoms with E-state index in [0.717, 1.165) is 4.90 Å². The molecule has 1 aliphatic rings. The van der Waals surface area contributed by atoms with Crippen molar-refractivity contribution in [2.24, 2.45) is 21.1 Å². The second-order valence-corrected chi connectivity index (χ2v) is 8.18. The van der Waals surface area contributed by atoms with Gasteiger partial charge in [-0.15, -0.1) is 0 Å². The third-order valence-corrected chi connectivity index (χ3v) is 4.45. The average Bonchev–Trinajstić information content (AvgIpc) is 2.49. The van der Waals surface area contributed by atoms with Gasteiger partial charge in [-0.3, -0.25) is 4.99 Å². The van der Waals surface area contributed by atoms with Crippen LogP contribution in [-0.2, 0) is 0 Å². The van der Waals surface area contributed by atoms with Gasteiger partial charge in [0.2, 0.25) is 0 Å². The van der Waals surface area contributed by atoms with E-state index in [1.807, 2.05) is 36.5 Å². The van der Waals surface area contributed by atoms with Gasteiger partial charge in [0.05, 0.1) is 6.04 Å². The van der Waals surface area contributed by atoms with Crippen molar-refractivity contribution in [2.75, 3.05) is 0 Å². The molecule has 23 heavy (non-hydrogen) atoms. The maximum atomic E-state index is 6.05. The number of rotatable bonds is 2. The SMILES string of the molecule is Cc1ccc(SC(=S)/N=C(\N)C2=NC(C(C)(C)C)C=CN2)cc1. The Bertz CT molecular complexity index is 667. The Morgan fingerprint density at radius 2 is 1.96 bits per heavy atom. The second-order valence-electron chi connectivity index (χ2n) is 6.47. The van der Waals surface area contributed by atoms with Crippen LogP contribution in [0.5, 0.6) is 0 Å². The molecule has 0 saturated carbocycles. The topological polar surface area (TPSA) is 62.8 Å². The lowest BCUT2D eigenvalue weighted by Crippen LogP contribution is -2.39. The fraction of sp³-hybridized carbons (Fsp3) is 0.353. The number of hydrogen-bond acceptors (Lipinski definition) is 4. The summed E-state index contributed by atoms with van der Waals surface area (Å²) in [5.74, 6) is 0.882. The van der Waals surface area contributed by atoms with Crippen molar-refractivity contribution >= 4 is 40.0 Å². The summed E-state index contributed by atoms with van der Waals surface area (Å²) in [4.78, 5) is 9.96. The number of amidine groups is 2. The maximum Gasteiger partial charge on any atom is 0.168 e. The van der Waals surface area contributed by atoms with Crippen molar-refractivity contribution in [3.8, 4) is 0 Å². The fourth-order valence-electron chi connectivity index (χ4n) is 1.94. The number of nitrogens with one attached hydrogen (secondary N) is 1. The van der Waals surface area contributed by atoms with Gasteiger partial charge in [0.15, 0.2) is 16.0 Å². The minimum absolute atomic E-state index is 0.0291. The van der Waals surface area contributed by atoms with Gasteiger partial charge in [-0.1, -0.05) is 62.4 Å². The Labute approximate surface area is 147 Å². The highest BCUT2D eigenvalue weighted by Crippen LogP contribution is 2.25. The Morgan fingerprint density at radius 1 is 1.30 bits per heavy atom. The summed E-state index contributed by atoms with van der Waals surface area (Å²) < 4.78 is 0.470. The van der Waals surface area contributed by atoms with Gasteiger partial charge in [-0.05, 0) is 30.5 Å². The van der Waals surface area contributed by atoms with Crippen molar-refractivity contribution in [1.29, 1.82) is 0 Å². The van der Waals surface area contributed by atoms with Crippen LogP contribution in [-0.4, -0.2) is 22.0 Å². The van der Waals surface area contributed by atoms with E-state index in [0.29, 0.717) is 16.0 Å². The summed E-state index contributed by atoms with van der Waals surface area (Å²) in [6, 6.07) is 8.19. The number of thiocarbonyl (C=S) groups is 1. The molecule has 0 bridgehead atoms. The Balaban J connectivity index is 2.08. The predicted octanol–water partition coefficient (Wildman–Crippen LogP) is 3.66. The fourth-order valence-corrected chi connectivity index (χ4v) is 2.95. The number of benzene rings is 1. The van der Waals surface area contributed by atoms with E-state index in [1.54, 1.807) is 0 Å². The van der Waals surface area contributed by atoms with Gasteiger partial charge in [0, 0.05) is 11.1 Å². The largest absolute Gasteiger partial charge is 0.381 e. The Hall–Kier alpha value is -1.66. The van der Waals surface area contributed by atoms with Crippen molar-refractivity contribution in [2.45, 2.75) is 38.6 Å². The van der Waals surface area contributed by atoms with Crippen LogP contribution in [0.1, 0.15) is 26.3 Å². The molecule has 0 aromatic heterocycles. The summed E-state index contributed by atoms with van der Waals surface area (Å²) in [6.45, 7) is 8.47. The van der Waals surface area contributed by atoms with Gasteiger partial charge >= 0.3 is 0 Å². The Morgan fingerprint density at radius 3 is 2.57 bits per heavy atom. The lowest BCUT2D eigenvalue weighted by Gasteiger charge is -2.27. The molecule has 6 heteroatoms. The average molecular weight is 347 g/mol. The lowest BCUT2D eigenvalue weighted by atomic mass is 9.87. The number of hydrogen-bond donors (Lipinski definition) is 2. The zero-order valence-electron chi connectivity index (χ0n) is 13.8. The highest BCUT2D eigenvalue weighted by molar-refractivity contribution is 8.23. The Kier molecular flexibility index (Phi) is 5.59. The second kappa shape index (κ2) is 7.27. The molecule has 0 saturated heterocycles. The first-order valence-corrected chi connectivity index (χ1v) is 8.62. The number of aryl methyl sites for hydroxylation is 1. The molecule has 1 aliphatic heterocycles. The molecule has 1 heterocycles. The predicted molar refractivity (Wildman–Crippen MR) is 104 cm³/mol. The third kappa shape index (κ3) is 5.18. The van der Waals surface area contributed by atoms with Crippen molar-refractivity contribution in [3.63, 3.8) is 0 Å². The molecule has 0 amide bonds. The molecule has 0 aliphatic carbocycles. The van der Waals surface area contributed by atoms with Crippen LogP contribution < -0.4 is 11.1 Å². The first-order valence-electron chi connectivity index (χ1n) is 7.40. The maximum absolute atomic E-state index is 6.05. The zero-order valence-corrected chi connectivity index (χ0v) is 15.5. The summed E-state index contributed by atoms with van der Waals surface area (Å²) in [6.07, 6.45) is 3.88. The van der Waals surface area contributed by atoms with Gasteiger partial charge < -0.3 is 11.1 Å². The minimum Gasteiger partial charge on any atom is -0.381 e. The molecule has 0 radical (unpaired) electrons. The quantitative estimate of drug-likeness (QED) is 0.371. The van der Waals surface area contributed by atoms with Crippen molar-refractivity contribution in [1.82, 2.24) is 5.32 Å². The summed E-state index contributed by atoms with van der Waals surface area (Å²) in [5.41, 5.74) is 7.30. The van der Waals surface area contributed by atoms with E-state index in [1.165, 1.54) is 17.3 Å². The van der Waals surface area contributed by atoms with Gasteiger partial charge in [0.1, 0.15) is 0 Å². The molecule has 122 valence electrons. The van der Waals surface area contributed by atoms with Crippen LogP contribution >= 0.6 is 24.0 Å². The van der Waals surface area contributed by atoms with E-state index in [2.05, 4.69) is 43.0 Å². The molecule has 1 atom stereocenters. The van der Waals surface area contributed by atoms with E-state index < -0.39 is 0 Å². The highest BCUT2D eigenvalue weighted by atomic mass is 32.2. The lowest BCUT2D eigenvalue weighted by molar-refractivity contribution is 0.365. The van der Waals surface area contributed by atoms with Crippen LogP contribution in [0.3, 0.4) is 0 Å². The third-order valence-electron chi connectivity index (χ3n) is 3.33. The highest BCUT2D eigenvalue weighted by Gasteiger charge is 2.24. The van der Waals surface area contributed by atoms with E-state index in [-0.39, 0.29) is 11.5 Å². The van der Waals surface area contributed by atoms with Crippen LogP contribution in [0.25, 0.3) is 0 Å². The first-order chi connectivity index (χ1) is 10.8. The number of nitrogens with two attached hydrogens (primary N) is 1. The van der Waals surface area contributed by atoms with Gasteiger partial charge in [-0.2, -0.15) is 0 Å². The molecular formula is C17H22N4S2. The van der Waals surface area contributed by atoms with E-state index in [9.17, 15) is 0 Å². The molecule has 3 N–H and O–H groups in total. The van der Waals surface area contributed by atoms with Gasteiger partial charge in [0.25, 0.3) is 0 Å². The summed E-state index contributed by atoms with van der Waals surface area (Å²) >= 11 is 6.73. The molecule has 0 fully saturated rings. The van der Waals surface area contributed by atoms with E-state index >= 15 is 0 Å². The monoisotopic (exact) mass is 346 g/mol. The molecule has 2 rings (SSSR count). The van der Waals surface area contributed by atoms with Gasteiger partial charge in [-0.25, -0.2) is 4.99 Å². The van der Waals surface area contributed by atoms with Crippen molar-refractivity contribution in [3.05, 3.63) is 42.1 Å². The molecule has 4 nitrogen and oxygen atoms in total. The molecule has 0 spiro atoms. The normalized spacial score (nSPS) is 18.3. The number of aliphatic imine (C=N–C) groups is 2. The number of nitrogens with zero attached hydrogens (tertiary/aromatic N) is 2. The summed E-state index contributed by atoms with van der Waals surface area (Å²) in [7, 11) is 0. The van der Waals surface area contributed by atoms with Crippen molar-refractivity contribution < 1.29 is 0 Å². The standard InChI is InChI=1S/C17H22N4S2/c1-11-5-7-12(8-6-11)23-16(22)21-14(18)15-19-10-9-13(20-15)17(2,3)4/h5-10,13H,1-4H3,(H,19,20)(H2,18,21,22). The van der Waals surface area contributed by atoms with Crippen LogP contribution in [0.15, 0.2) is 51.4 Å². The smallest absolute Gasteiger partial charge is 0.168 e. The first kappa shape index (κ1) is 17.7. The number of thioether (sulfide) groups is 1. The van der Waals surface area contributed by atoms with Crippen LogP contribution in [0, 0.1) is 12.3 Å².